The van der Waals surface area contributed by atoms with Gasteiger partial charge in [0.2, 0.25) is 5.88 Å². The molecule has 11 heterocycles. The zero-order valence-electron chi connectivity index (χ0n) is 78.7. The SMILES string of the molecule is CCc1ccc(C)nc1.CCc1ccc(C)nc1.CCc1ccc(C)nc1.CCc1ccc(C)nc1.Cc1ccc(CO)cn1.N#Cc1c[c-]c([N+](=O)[O-])cc1.[C-]#[N+]c1ccc(N)c(Cc2ccc(CC)cn2)c1.[C-]#[N+]c1ccc([N+](=O)[O-])c(Cc2ccc(CC)cn2)c1.[C-]#[N+]c1ccc2[nH]c(O)c(-c3ccc(CC)cn3)c2c1.[C-]#[N+]c1ccc2c(c1)c(-c1ccc(CC)cn1)c(O)n2O.[Y]. The maximum Gasteiger partial charge on any atom is 0.270 e. The van der Waals surface area contributed by atoms with Crippen molar-refractivity contribution in [2.45, 2.75) is 161 Å². The molecule has 11 aromatic heterocycles. The van der Waals surface area contributed by atoms with Gasteiger partial charge in [0.25, 0.3) is 5.69 Å². The van der Waals surface area contributed by atoms with Crippen molar-refractivity contribution in [3.05, 3.63) is 435 Å². The molecule has 136 heavy (non-hydrogen) atoms. The number of H-pyrrole nitrogens is 1. The largest absolute Gasteiger partial charge is 0.494 e. The number of aromatic amines is 1. The van der Waals surface area contributed by atoms with Crippen molar-refractivity contribution in [2.75, 3.05) is 5.73 Å². The van der Waals surface area contributed by atoms with Gasteiger partial charge < -0.3 is 31.2 Å². The van der Waals surface area contributed by atoms with Crippen molar-refractivity contribution in [3.8, 4) is 40.3 Å². The minimum Gasteiger partial charge on any atom is -0.494 e. The number of nitrogens with one attached hydrogen (secondary N) is 1. The van der Waals surface area contributed by atoms with E-state index in [1.165, 1.54) is 58.1 Å². The summed E-state index contributed by atoms with van der Waals surface area (Å²) in [4.78, 5) is 74.6. The first kappa shape index (κ1) is 109. The molecule has 0 atom stereocenters. The summed E-state index contributed by atoms with van der Waals surface area (Å²) in [5.74, 6) is -0.192. The van der Waals surface area contributed by atoms with Gasteiger partial charge in [-0.15, -0.1) is 6.07 Å². The molecule has 5 aromatic carbocycles. The number of hydrogen-bond acceptors (Lipinski definition) is 19. The van der Waals surface area contributed by atoms with E-state index in [1.807, 2.05) is 171 Å². The summed E-state index contributed by atoms with van der Waals surface area (Å²) in [6.45, 7) is 55.0. The summed E-state index contributed by atoms with van der Waals surface area (Å²) in [6, 6.07) is 63.9. The van der Waals surface area contributed by atoms with E-state index in [4.69, 9.17) is 42.4 Å². The normalized spacial score (nSPS) is 9.86. The third-order valence-corrected chi connectivity index (χ3v) is 20.7. The predicted octanol–water partition coefficient (Wildman–Crippen LogP) is 24.8. The molecule has 0 unspecified atom stereocenters. The van der Waals surface area contributed by atoms with Gasteiger partial charge in [0.05, 0.1) is 65.9 Å². The number of nitrogens with zero attached hydrogens (tertiary/aromatic N) is 17. The Balaban J connectivity index is 0.000000236. The first-order valence-corrected chi connectivity index (χ1v) is 43.7. The van der Waals surface area contributed by atoms with E-state index < -0.39 is 9.85 Å². The standard InChI is InChI=1S/C16H13N3O2.C16H13N3O.C15H13N3O2.C15H15N3.4C8H11N.C7H3N2O2.C7H9NO.Y/c1-3-10-4-6-13(18-9-10)15-12-8-11(17-2)5-7-14(12)19(21)16(15)20;1-3-10-4-6-14(18-9-10)15-12-8-11(17-2)5-7-13(12)19-16(15)20;1-3-11-4-5-14(17-10-11)9-12-8-13(16-2)6-7-15(12)18(19)20;1-3-11-4-5-14(18-10-11)9-12-8-13(17-2)6-7-15(12)16;4*1-3-8-5-4-7(2)9-6-8;8-5-6-1-3-7(4-2-6)9(10)11;1-6-2-3-7(5-9)4-8-6;/h4-9,20-21H,3H2,1H3;4-9,19-20H,3H2,1H3;4-8,10H,3,9H2,1H3;4-8,10H,3,9,16H2,1H3;4*4-6H,3H2,1-2H3;1-3H;2-4,9H,5H2,1H3;/q;;;;;;;;-1;;. The second-order valence-corrected chi connectivity index (χ2v) is 30.3. The number of benzene rings is 5. The summed E-state index contributed by atoms with van der Waals surface area (Å²) >= 11 is 0. The molecule has 0 aliphatic heterocycles. The van der Waals surface area contributed by atoms with Gasteiger partial charge in [0.15, 0.2) is 34.3 Å². The van der Waals surface area contributed by atoms with E-state index in [0.717, 1.165) is 130 Å². The van der Waals surface area contributed by atoms with Crippen LogP contribution in [0.2, 0.25) is 0 Å². The molecule has 0 spiro atoms. The number of aromatic nitrogens is 11. The van der Waals surface area contributed by atoms with Crippen molar-refractivity contribution in [1.29, 1.82) is 5.26 Å². The molecule has 0 bridgehead atoms. The fraction of sp³-hybridized carbons (Fsp3) is 0.222. The number of nitro groups is 2. The number of hydrogen-bond donors (Lipinski definition) is 6. The molecule has 16 rings (SSSR count). The molecule has 27 nitrogen and oxygen atoms in total. The fourth-order valence-corrected chi connectivity index (χ4v) is 12.4. The van der Waals surface area contributed by atoms with Gasteiger partial charge in [-0.1, -0.05) is 152 Å². The molecule has 16 aromatic rings. The number of aliphatic hydroxyl groups excluding tert-OH is 1. The van der Waals surface area contributed by atoms with Crippen LogP contribution in [0.15, 0.2) is 256 Å². The Kier molecular flexibility index (Phi) is 45.9. The Labute approximate surface area is 820 Å². The van der Waals surface area contributed by atoms with Crippen molar-refractivity contribution >= 4 is 61.6 Å². The van der Waals surface area contributed by atoms with E-state index in [0.29, 0.717) is 90.6 Å². The first-order chi connectivity index (χ1) is 65.1. The number of fused-ring (bicyclic) bond motifs is 2. The molecule has 28 heteroatoms. The molecule has 0 aliphatic carbocycles. The minimum absolute atomic E-state index is 0. The van der Waals surface area contributed by atoms with Crippen LogP contribution in [0.25, 0.3) is 63.7 Å². The minimum atomic E-state index is -0.554. The molecule has 0 saturated carbocycles. The molecular formula is C108H110N19O8Y-. The van der Waals surface area contributed by atoms with E-state index in [-0.39, 0.29) is 62.5 Å². The van der Waals surface area contributed by atoms with Crippen LogP contribution in [0.3, 0.4) is 0 Å². The Hall–Kier alpha value is -16.0. The molecular weight excluding hydrogens is 1780 g/mol. The second-order valence-electron chi connectivity index (χ2n) is 30.3. The summed E-state index contributed by atoms with van der Waals surface area (Å²) < 4.78 is 0.716. The van der Waals surface area contributed by atoms with Crippen LogP contribution in [0.4, 0.5) is 39.8 Å². The monoisotopic (exact) mass is 1890 g/mol. The van der Waals surface area contributed by atoms with Crippen LogP contribution in [-0.2, 0) is 104 Å². The number of pyridine rings is 9. The third kappa shape index (κ3) is 34.6. The van der Waals surface area contributed by atoms with Crippen LogP contribution < -0.4 is 5.73 Å². The molecule has 0 aliphatic rings. The average Bonchev–Trinajstić information content (AvgIpc) is 1.61. The van der Waals surface area contributed by atoms with Crippen LogP contribution >= 0.6 is 0 Å². The van der Waals surface area contributed by atoms with E-state index in [1.54, 1.807) is 79.3 Å². The average molecular weight is 1890 g/mol. The fourth-order valence-electron chi connectivity index (χ4n) is 12.4. The predicted molar refractivity (Wildman–Crippen MR) is 533 cm³/mol. The van der Waals surface area contributed by atoms with Crippen LogP contribution in [0.1, 0.15) is 162 Å². The molecule has 689 valence electrons. The van der Waals surface area contributed by atoms with Gasteiger partial charge in [-0.25, -0.2) is 24.6 Å². The van der Waals surface area contributed by atoms with E-state index in [2.05, 4.69) is 147 Å². The number of aromatic hydroxyl groups is 2. The third-order valence-electron chi connectivity index (χ3n) is 20.7. The summed E-state index contributed by atoms with van der Waals surface area (Å²) in [5, 5.41) is 69.7. The Morgan fingerprint density at radius 1 is 0.426 bits per heavy atom. The smallest absolute Gasteiger partial charge is 0.270 e. The Morgan fingerprint density at radius 2 is 0.779 bits per heavy atom. The molecule has 0 saturated heterocycles. The number of nitro benzene ring substituents is 2. The quantitative estimate of drug-likeness (QED) is 0.0162. The van der Waals surface area contributed by atoms with Crippen molar-refractivity contribution in [2.24, 2.45) is 0 Å². The topological polar surface area (TPSA) is 371 Å². The van der Waals surface area contributed by atoms with Crippen LogP contribution in [-0.4, -0.2) is 84.9 Å². The molecule has 0 fully saturated rings. The van der Waals surface area contributed by atoms with Crippen molar-refractivity contribution in [3.63, 3.8) is 0 Å². The Morgan fingerprint density at radius 3 is 1.12 bits per heavy atom. The molecule has 0 amide bonds. The maximum atomic E-state index is 11.0. The van der Waals surface area contributed by atoms with Crippen LogP contribution in [0, 0.1) is 98.5 Å². The molecule has 7 N–H and O–H groups in total. The van der Waals surface area contributed by atoms with Crippen molar-refractivity contribution in [1.82, 2.24) is 54.6 Å². The van der Waals surface area contributed by atoms with Gasteiger partial charge in [-0.3, -0.25) is 65.1 Å². The second kappa shape index (κ2) is 57.4. The number of nitriles is 1. The summed E-state index contributed by atoms with van der Waals surface area (Å²) in [6.07, 6.45) is 25.6. The Bertz CT molecular complexity index is 6430. The van der Waals surface area contributed by atoms with Gasteiger partial charge in [-0.05, 0) is 239 Å². The number of non-ortho nitro benzene ring substituents is 1. The number of nitrogens with two attached hydrogens (primary N) is 1. The first-order valence-electron chi connectivity index (χ1n) is 43.7. The number of rotatable bonds is 17. The van der Waals surface area contributed by atoms with E-state index >= 15 is 0 Å². The zero-order chi connectivity index (χ0) is 98.3. The van der Waals surface area contributed by atoms with Gasteiger partial charge in [0, 0.05) is 186 Å². The van der Waals surface area contributed by atoms with Crippen LogP contribution in [0.5, 0.6) is 11.8 Å². The number of nitrogen functional groups attached to an aromatic ring is 1. The van der Waals surface area contributed by atoms with Gasteiger partial charge >= 0.3 is 0 Å². The number of anilines is 1. The summed E-state index contributed by atoms with van der Waals surface area (Å²) in [5.41, 5.74) is 31.7. The van der Waals surface area contributed by atoms with Gasteiger partial charge in [-0.2, -0.15) is 10.8 Å². The number of aliphatic hydroxyl groups is 1. The van der Waals surface area contributed by atoms with E-state index in [9.17, 15) is 35.6 Å². The molecule has 1 radical (unpaired) electrons. The zero-order valence-corrected chi connectivity index (χ0v) is 81.5. The maximum absolute atomic E-state index is 11.0. The number of aryl methyl sites for hydroxylation is 13. The van der Waals surface area contributed by atoms with Gasteiger partial charge in [0.1, 0.15) is 0 Å². The van der Waals surface area contributed by atoms with Crippen molar-refractivity contribution < 1.29 is 63.1 Å². The summed E-state index contributed by atoms with van der Waals surface area (Å²) in [7, 11) is 0.